The van der Waals surface area contributed by atoms with Crippen molar-refractivity contribution in [1.29, 1.82) is 0 Å². The predicted molar refractivity (Wildman–Crippen MR) is 54.9 cm³/mol. The number of anilines is 2. The lowest BCUT2D eigenvalue weighted by Gasteiger charge is -2.06. The summed E-state index contributed by atoms with van der Waals surface area (Å²) in [5, 5.41) is 11.0. The lowest BCUT2D eigenvalue weighted by atomic mass is 10.1. The van der Waals surface area contributed by atoms with Gasteiger partial charge in [-0.15, -0.1) is 10.2 Å². The van der Waals surface area contributed by atoms with Gasteiger partial charge < -0.3 is 11.1 Å². The van der Waals surface area contributed by atoms with E-state index in [9.17, 15) is 4.79 Å². The number of nitrogens with one attached hydrogen (secondary N) is 1. The summed E-state index contributed by atoms with van der Waals surface area (Å²) < 4.78 is 0. The normalized spacial score (nSPS) is 17.1. The zero-order valence-electron chi connectivity index (χ0n) is 7.69. The van der Waals surface area contributed by atoms with Crippen molar-refractivity contribution < 1.29 is 4.79 Å². The van der Waals surface area contributed by atoms with Gasteiger partial charge in [-0.05, 0) is 12.8 Å². The highest BCUT2D eigenvalue weighted by Crippen LogP contribution is 2.26. The number of carbonyl (C=O) groups is 1. The van der Waals surface area contributed by atoms with Crippen molar-refractivity contribution in [3.63, 3.8) is 0 Å². The van der Waals surface area contributed by atoms with E-state index >= 15 is 0 Å². The molecule has 6 heteroatoms. The first-order valence-electron chi connectivity index (χ1n) is 4.65. The molecule has 0 aromatic carbocycles. The molecule has 5 nitrogen and oxygen atoms in total. The average Bonchev–Trinajstić information content (AvgIpc) is 2.75. The van der Waals surface area contributed by atoms with Crippen LogP contribution in [0.15, 0.2) is 0 Å². The van der Waals surface area contributed by atoms with Gasteiger partial charge in [0.25, 0.3) is 0 Å². The Morgan fingerprint density at radius 2 is 2.14 bits per heavy atom. The van der Waals surface area contributed by atoms with E-state index in [0.29, 0.717) is 10.3 Å². The highest BCUT2D eigenvalue weighted by atomic mass is 32.1. The zero-order chi connectivity index (χ0) is 9.97. The minimum absolute atomic E-state index is 0.0543. The van der Waals surface area contributed by atoms with Crippen LogP contribution in [-0.4, -0.2) is 16.1 Å². The van der Waals surface area contributed by atoms with Crippen molar-refractivity contribution in [3.8, 4) is 0 Å². The summed E-state index contributed by atoms with van der Waals surface area (Å²) >= 11 is 1.20. The molecule has 76 valence electrons. The third-order valence-electron chi connectivity index (χ3n) is 2.40. The summed E-state index contributed by atoms with van der Waals surface area (Å²) in [5.41, 5.74) is 5.40. The maximum absolute atomic E-state index is 11.6. The van der Waals surface area contributed by atoms with Gasteiger partial charge in [-0.1, -0.05) is 24.2 Å². The summed E-state index contributed by atoms with van der Waals surface area (Å²) in [6, 6.07) is 0. The van der Waals surface area contributed by atoms with Gasteiger partial charge in [-0.3, -0.25) is 4.79 Å². The quantitative estimate of drug-likeness (QED) is 0.773. The van der Waals surface area contributed by atoms with E-state index in [2.05, 4.69) is 15.5 Å². The summed E-state index contributed by atoms with van der Waals surface area (Å²) in [7, 11) is 0. The van der Waals surface area contributed by atoms with Crippen LogP contribution in [0.3, 0.4) is 0 Å². The molecule has 1 saturated carbocycles. The Bertz CT molecular complexity index is 332. The van der Waals surface area contributed by atoms with E-state index in [1.54, 1.807) is 0 Å². The minimum atomic E-state index is 0.0543. The fraction of sp³-hybridized carbons (Fsp3) is 0.625. The molecular formula is C8H12N4OS. The monoisotopic (exact) mass is 212 g/mol. The summed E-state index contributed by atoms with van der Waals surface area (Å²) in [5.74, 6) is 0.207. The second kappa shape index (κ2) is 3.91. The smallest absolute Gasteiger partial charge is 0.229 e. The second-order valence-electron chi connectivity index (χ2n) is 3.42. The van der Waals surface area contributed by atoms with Crippen LogP contribution < -0.4 is 11.1 Å². The Hall–Kier alpha value is -1.17. The molecule has 0 spiro atoms. The minimum Gasteiger partial charge on any atom is -0.374 e. The largest absolute Gasteiger partial charge is 0.374 e. The SMILES string of the molecule is Nc1nnc(NC(=O)C2CCCC2)s1. The third kappa shape index (κ3) is 2.01. The topological polar surface area (TPSA) is 80.9 Å². The van der Waals surface area contributed by atoms with Crippen LogP contribution in [0.1, 0.15) is 25.7 Å². The van der Waals surface area contributed by atoms with Gasteiger partial charge in [0.2, 0.25) is 16.2 Å². The standard InChI is InChI=1S/C8H12N4OS/c9-7-11-12-8(14-7)10-6(13)5-3-1-2-4-5/h5H,1-4H2,(H2,9,11)(H,10,12,13). The molecule has 0 bridgehead atoms. The van der Waals surface area contributed by atoms with Gasteiger partial charge in [-0.2, -0.15) is 0 Å². The Kier molecular flexibility index (Phi) is 2.62. The molecule has 1 aliphatic carbocycles. The zero-order valence-corrected chi connectivity index (χ0v) is 8.51. The van der Waals surface area contributed by atoms with Gasteiger partial charge in [0, 0.05) is 5.92 Å². The Labute approximate surface area is 85.7 Å². The Balaban J connectivity index is 1.93. The number of nitrogen functional groups attached to an aromatic ring is 1. The maximum Gasteiger partial charge on any atom is 0.229 e. The number of rotatable bonds is 2. The third-order valence-corrected chi connectivity index (χ3v) is 3.06. The number of amides is 1. The number of hydrogen-bond acceptors (Lipinski definition) is 5. The Morgan fingerprint density at radius 3 is 2.71 bits per heavy atom. The molecule has 1 fully saturated rings. The van der Waals surface area contributed by atoms with E-state index in [-0.39, 0.29) is 11.8 Å². The molecule has 1 heterocycles. The molecule has 14 heavy (non-hydrogen) atoms. The summed E-state index contributed by atoms with van der Waals surface area (Å²) in [6.45, 7) is 0. The lowest BCUT2D eigenvalue weighted by Crippen LogP contribution is -2.20. The summed E-state index contributed by atoms with van der Waals surface area (Å²) in [6.07, 6.45) is 4.27. The van der Waals surface area contributed by atoms with Crippen molar-refractivity contribution >= 4 is 27.5 Å². The second-order valence-corrected chi connectivity index (χ2v) is 4.43. The van der Waals surface area contributed by atoms with Gasteiger partial charge in [0.1, 0.15) is 0 Å². The van der Waals surface area contributed by atoms with Crippen LogP contribution in [0.5, 0.6) is 0 Å². The molecule has 0 saturated heterocycles. The Morgan fingerprint density at radius 1 is 1.43 bits per heavy atom. The van der Waals surface area contributed by atoms with E-state index in [1.807, 2.05) is 0 Å². The molecule has 1 amide bonds. The van der Waals surface area contributed by atoms with Gasteiger partial charge >= 0.3 is 0 Å². The van der Waals surface area contributed by atoms with Crippen molar-refractivity contribution in [1.82, 2.24) is 10.2 Å². The van der Waals surface area contributed by atoms with Gasteiger partial charge in [-0.25, -0.2) is 0 Å². The molecular weight excluding hydrogens is 200 g/mol. The van der Waals surface area contributed by atoms with Crippen LogP contribution in [0.4, 0.5) is 10.3 Å². The van der Waals surface area contributed by atoms with Crippen LogP contribution in [0.25, 0.3) is 0 Å². The summed E-state index contributed by atoms with van der Waals surface area (Å²) in [4.78, 5) is 11.6. The van der Waals surface area contributed by atoms with Crippen LogP contribution in [-0.2, 0) is 4.79 Å². The van der Waals surface area contributed by atoms with Crippen molar-refractivity contribution in [3.05, 3.63) is 0 Å². The number of aromatic nitrogens is 2. The van der Waals surface area contributed by atoms with E-state index in [4.69, 9.17) is 5.73 Å². The number of hydrogen-bond donors (Lipinski definition) is 2. The van der Waals surface area contributed by atoms with E-state index in [1.165, 1.54) is 11.3 Å². The lowest BCUT2D eigenvalue weighted by molar-refractivity contribution is -0.119. The highest BCUT2D eigenvalue weighted by Gasteiger charge is 2.23. The van der Waals surface area contributed by atoms with Gasteiger partial charge in [0.15, 0.2) is 0 Å². The predicted octanol–water partition coefficient (Wildman–Crippen LogP) is 1.25. The van der Waals surface area contributed by atoms with Crippen LogP contribution in [0, 0.1) is 5.92 Å². The van der Waals surface area contributed by atoms with Crippen molar-refractivity contribution in [2.24, 2.45) is 5.92 Å². The van der Waals surface area contributed by atoms with Crippen molar-refractivity contribution in [2.75, 3.05) is 11.1 Å². The molecule has 1 aromatic rings. The molecule has 3 N–H and O–H groups in total. The molecule has 1 aromatic heterocycles. The van der Waals surface area contributed by atoms with Crippen LogP contribution in [0.2, 0.25) is 0 Å². The number of nitrogens with two attached hydrogens (primary N) is 1. The molecule has 1 aliphatic rings. The fourth-order valence-electron chi connectivity index (χ4n) is 1.68. The molecule has 0 aliphatic heterocycles. The number of nitrogens with zero attached hydrogens (tertiary/aromatic N) is 2. The first-order valence-corrected chi connectivity index (χ1v) is 5.47. The average molecular weight is 212 g/mol. The van der Waals surface area contributed by atoms with Crippen LogP contribution >= 0.6 is 11.3 Å². The molecule has 2 rings (SSSR count). The highest BCUT2D eigenvalue weighted by molar-refractivity contribution is 7.18. The van der Waals surface area contributed by atoms with E-state index in [0.717, 1.165) is 25.7 Å². The first-order chi connectivity index (χ1) is 6.75. The first kappa shape index (κ1) is 9.39. The molecule has 0 atom stereocenters. The van der Waals surface area contributed by atoms with Crippen molar-refractivity contribution in [2.45, 2.75) is 25.7 Å². The maximum atomic E-state index is 11.6. The molecule has 0 unspecified atom stereocenters. The van der Waals surface area contributed by atoms with E-state index < -0.39 is 0 Å². The molecule has 0 radical (unpaired) electrons. The fourth-order valence-corrected chi connectivity index (χ4v) is 2.19. The number of carbonyl (C=O) groups excluding carboxylic acids is 1. The van der Waals surface area contributed by atoms with Gasteiger partial charge in [0.05, 0.1) is 0 Å².